The highest BCUT2D eigenvalue weighted by atomic mass is 35.5. The van der Waals surface area contributed by atoms with Crippen molar-refractivity contribution in [3.8, 4) is 5.75 Å². The van der Waals surface area contributed by atoms with Crippen LogP contribution < -0.4 is 4.74 Å². The summed E-state index contributed by atoms with van der Waals surface area (Å²) in [4.78, 5) is 11.0. The van der Waals surface area contributed by atoms with Crippen LogP contribution in [0.4, 0.5) is 0 Å². The molecule has 0 aliphatic rings. The van der Waals surface area contributed by atoms with Gasteiger partial charge in [-0.3, -0.25) is 0 Å². The summed E-state index contributed by atoms with van der Waals surface area (Å²) in [5.41, 5.74) is 1.15. The van der Waals surface area contributed by atoms with Crippen LogP contribution in [0.1, 0.15) is 16.1 Å². The van der Waals surface area contributed by atoms with E-state index >= 15 is 0 Å². The van der Waals surface area contributed by atoms with E-state index in [9.17, 15) is 4.79 Å². The van der Waals surface area contributed by atoms with Gasteiger partial charge < -0.3 is 14.4 Å². The number of carboxylic acids is 1. The number of hydrogen-bond acceptors (Lipinski definition) is 2. The normalized spacial score (nSPS) is 10.3. The summed E-state index contributed by atoms with van der Waals surface area (Å²) in [5, 5.41) is 9.46. The second-order valence-corrected chi connectivity index (χ2v) is 4.26. The van der Waals surface area contributed by atoms with E-state index in [1.807, 2.05) is 24.3 Å². The van der Waals surface area contributed by atoms with Gasteiger partial charge in [0.2, 0.25) is 0 Å². The summed E-state index contributed by atoms with van der Waals surface area (Å²) in [7, 11) is 1.60. The van der Waals surface area contributed by atoms with E-state index in [1.54, 1.807) is 17.9 Å². The Labute approximate surface area is 109 Å². The Morgan fingerprint density at radius 3 is 2.61 bits per heavy atom. The van der Waals surface area contributed by atoms with Crippen LogP contribution in [0.25, 0.3) is 0 Å². The molecule has 1 N–H and O–H groups in total. The average Bonchev–Trinajstić information content (AvgIpc) is 2.71. The molecule has 0 unspecified atom stereocenters. The first kappa shape index (κ1) is 12.5. The lowest BCUT2D eigenvalue weighted by Gasteiger charge is -2.07. The lowest BCUT2D eigenvalue weighted by atomic mass is 10.2. The highest BCUT2D eigenvalue weighted by molar-refractivity contribution is 6.30. The van der Waals surface area contributed by atoms with Crippen molar-refractivity contribution in [1.29, 1.82) is 0 Å². The number of ether oxygens (including phenoxy) is 1. The second-order valence-electron chi connectivity index (χ2n) is 3.82. The molecule has 0 aliphatic heterocycles. The molecule has 4 nitrogen and oxygen atoms in total. The van der Waals surface area contributed by atoms with Crippen LogP contribution in [-0.2, 0) is 6.54 Å². The molecule has 94 valence electrons. The number of rotatable bonds is 4. The Morgan fingerprint density at radius 1 is 1.39 bits per heavy atom. The minimum absolute atomic E-state index is 0.177. The van der Waals surface area contributed by atoms with Gasteiger partial charge in [0.15, 0.2) is 0 Å². The number of halogens is 1. The Hall–Kier alpha value is -1.94. The standard InChI is InChI=1S/C13H12ClNO3/c1-18-11-4-2-9(3-5-11)7-15-8-10(14)6-12(15)13(16)17/h2-6,8H,7H2,1H3,(H,16,17). The van der Waals surface area contributed by atoms with Gasteiger partial charge in [-0.05, 0) is 23.8 Å². The fraction of sp³-hybridized carbons (Fsp3) is 0.154. The van der Waals surface area contributed by atoms with Crippen molar-refractivity contribution in [2.24, 2.45) is 0 Å². The zero-order valence-electron chi connectivity index (χ0n) is 9.76. The van der Waals surface area contributed by atoms with Crippen molar-refractivity contribution < 1.29 is 14.6 Å². The molecule has 0 aliphatic carbocycles. The van der Waals surface area contributed by atoms with Crippen molar-refractivity contribution in [3.63, 3.8) is 0 Å². The van der Waals surface area contributed by atoms with Gasteiger partial charge in [-0.25, -0.2) is 4.79 Å². The van der Waals surface area contributed by atoms with Crippen LogP contribution in [0.3, 0.4) is 0 Å². The minimum Gasteiger partial charge on any atom is -0.497 e. The van der Waals surface area contributed by atoms with Crippen LogP contribution in [0, 0.1) is 0 Å². The number of aromatic carboxylic acids is 1. The molecule has 0 spiro atoms. The van der Waals surface area contributed by atoms with Crippen LogP contribution in [-0.4, -0.2) is 22.8 Å². The second kappa shape index (κ2) is 5.14. The van der Waals surface area contributed by atoms with Gasteiger partial charge in [-0.15, -0.1) is 0 Å². The SMILES string of the molecule is COc1ccc(Cn2cc(Cl)cc2C(=O)O)cc1. The van der Waals surface area contributed by atoms with E-state index in [0.29, 0.717) is 11.6 Å². The Balaban J connectivity index is 2.25. The van der Waals surface area contributed by atoms with Crippen LogP contribution in [0.15, 0.2) is 36.5 Å². The minimum atomic E-state index is -0.990. The van der Waals surface area contributed by atoms with Crippen molar-refractivity contribution in [2.75, 3.05) is 7.11 Å². The van der Waals surface area contributed by atoms with E-state index in [1.165, 1.54) is 6.07 Å². The van der Waals surface area contributed by atoms with Gasteiger partial charge in [-0.1, -0.05) is 23.7 Å². The monoisotopic (exact) mass is 265 g/mol. The average molecular weight is 266 g/mol. The number of hydrogen-bond donors (Lipinski definition) is 1. The molecule has 0 atom stereocenters. The quantitative estimate of drug-likeness (QED) is 0.925. The lowest BCUT2D eigenvalue weighted by Crippen LogP contribution is -2.08. The molecule has 1 aromatic heterocycles. The van der Waals surface area contributed by atoms with Gasteiger partial charge in [0.1, 0.15) is 11.4 Å². The highest BCUT2D eigenvalue weighted by Gasteiger charge is 2.11. The van der Waals surface area contributed by atoms with Crippen LogP contribution in [0.2, 0.25) is 5.02 Å². The summed E-state index contributed by atoms with van der Waals surface area (Å²) >= 11 is 5.82. The smallest absolute Gasteiger partial charge is 0.352 e. The number of benzene rings is 1. The topological polar surface area (TPSA) is 51.5 Å². The molecule has 0 radical (unpaired) electrons. The molecule has 0 saturated heterocycles. The third-order valence-electron chi connectivity index (χ3n) is 2.59. The van der Waals surface area contributed by atoms with Gasteiger partial charge in [0.05, 0.1) is 12.1 Å². The van der Waals surface area contributed by atoms with E-state index in [4.69, 9.17) is 21.4 Å². The molecular formula is C13H12ClNO3. The first-order valence-corrected chi connectivity index (χ1v) is 5.70. The molecule has 0 fully saturated rings. The zero-order valence-corrected chi connectivity index (χ0v) is 10.5. The van der Waals surface area contributed by atoms with Gasteiger partial charge in [0, 0.05) is 12.7 Å². The third-order valence-corrected chi connectivity index (χ3v) is 2.80. The number of aromatic nitrogens is 1. The fourth-order valence-electron chi connectivity index (χ4n) is 1.71. The number of carboxylic acid groups (broad SMARTS) is 1. The first-order chi connectivity index (χ1) is 8.60. The van der Waals surface area contributed by atoms with Crippen LogP contribution in [0.5, 0.6) is 5.75 Å². The molecule has 1 aromatic carbocycles. The van der Waals surface area contributed by atoms with Gasteiger partial charge in [0.25, 0.3) is 0 Å². The van der Waals surface area contributed by atoms with Crippen molar-refractivity contribution in [1.82, 2.24) is 4.57 Å². The maximum atomic E-state index is 11.0. The molecule has 0 saturated carbocycles. The zero-order chi connectivity index (χ0) is 13.1. The molecule has 2 aromatic rings. The summed E-state index contributed by atoms with van der Waals surface area (Å²) in [6.45, 7) is 0.457. The maximum Gasteiger partial charge on any atom is 0.352 e. The Morgan fingerprint density at radius 2 is 2.06 bits per heavy atom. The number of nitrogens with zero attached hydrogens (tertiary/aromatic N) is 1. The molecule has 5 heteroatoms. The van der Waals surface area contributed by atoms with E-state index < -0.39 is 5.97 Å². The van der Waals surface area contributed by atoms with E-state index in [2.05, 4.69) is 0 Å². The molecule has 2 rings (SSSR count). The van der Waals surface area contributed by atoms with Gasteiger partial charge in [-0.2, -0.15) is 0 Å². The molecule has 0 bridgehead atoms. The molecule has 18 heavy (non-hydrogen) atoms. The molecule has 0 amide bonds. The lowest BCUT2D eigenvalue weighted by molar-refractivity contribution is 0.0685. The summed E-state index contributed by atoms with van der Waals surface area (Å²) in [5.74, 6) is -0.224. The molecular weight excluding hydrogens is 254 g/mol. The predicted octanol–water partition coefficient (Wildman–Crippen LogP) is 2.90. The summed E-state index contributed by atoms with van der Waals surface area (Å²) in [6, 6.07) is 8.88. The first-order valence-electron chi connectivity index (χ1n) is 5.32. The fourth-order valence-corrected chi connectivity index (χ4v) is 1.93. The third kappa shape index (κ3) is 2.65. The number of carbonyl (C=O) groups is 1. The molecule has 1 heterocycles. The van der Waals surface area contributed by atoms with Gasteiger partial charge >= 0.3 is 5.97 Å². The number of methoxy groups -OCH3 is 1. The van der Waals surface area contributed by atoms with E-state index in [0.717, 1.165) is 11.3 Å². The predicted molar refractivity (Wildman–Crippen MR) is 68.5 cm³/mol. The largest absolute Gasteiger partial charge is 0.497 e. The Bertz CT molecular complexity index is 560. The summed E-state index contributed by atoms with van der Waals surface area (Å²) in [6.07, 6.45) is 1.61. The van der Waals surface area contributed by atoms with Crippen LogP contribution >= 0.6 is 11.6 Å². The van der Waals surface area contributed by atoms with Crippen molar-refractivity contribution in [3.05, 3.63) is 52.8 Å². The summed E-state index contributed by atoms with van der Waals surface area (Å²) < 4.78 is 6.67. The maximum absolute atomic E-state index is 11.0. The van der Waals surface area contributed by atoms with E-state index in [-0.39, 0.29) is 5.69 Å². The van der Waals surface area contributed by atoms with Crippen molar-refractivity contribution >= 4 is 17.6 Å². The highest BCUT2D eigenvalue weighted by Crippen LogP contribution is 2.17. The Kier molecular flexibility index (Phi) is 3.58. The van der Waals surface area contributed by atoms with Crippen molar-refractivity contribution in [2.45, 2.75) is 6.54 Å².